The summed E-state index contributed by atoms with van der Waals surface area (Å²) in [5, 5.41) is 0. The molecule has 0 radical (unpaired) electrons. The van der Waals surface area contributed by atoms with Crippen LogP contribution in [0.25, 0.3) is 0 Å². The second-order valence-corrected chi connectivity index (χ2v) is 6.00. The third-order valence-electron chi connectivity index (χ3n) is 4.58. The molecule has 5 heteroatoms. The van der Waals surface area contributed by atoms with Gasteiger partial charge in [-0.2, -0.15) is 0 Å². The van der Waals surface area contributed by atoms with Crippen molar-refractivity contribution in [3.05, 3.63) is 53.1 Å². The predicted octanol–water partition coefficient (Wildman–Crippen LogP) is 2.22. The SMILES string of the molecule is CCc1ncnc2c1CCN(C(=O)Cc1ccc(OC)cc1)CC2. The molecule has 3 rings (SSSR count). The average Bonchev–Trinajstić information content (AvgIpc) is 2.85. The molecule has 1 aliphatic heterocycles. The molecular formula is C19H23N3O2. The van der Waals surface area contributed by atoms with Crippen molar-refractivity contribution in [1.29, 1.82) is 0 Å². The van der Waals surface area contributed by atoms with Crippen molar-refractivity contribution in [2.45, 2.75) is 32.6 Å². The van der Waals surface area contributed by atoms with Crippen LogP contribution in [0.1, 0.15) is 29.4 Å². The summed E-state index contributed by atoms with van der Waals surface area (Å²) in [4.78, 5) is 23.4. The van der Waals surface area contributed by atoms with E-state index in [1.54, 1.807) is 13.4 Å². The highest BCUT2D eigenvalue weighted by atomic mass is 16.5. The Kier molecular flexibility index (Phi) is 5.08. The quantitative estimate of drug-likeness (QED) is 0.865. The van der Waals surface area contributed by atoms with Crippen LogP contribution in [0.15, 0.2) is 30.6 Å². The number of carbonyl (C=O) groups excluding carboxylic acids is 1. The first kappa shape index (κ1) is 16.4. The standard InChI is InChI=1S/C19H23N3O2/c1-3-17-16-8-10-22(11-9-18(16)21-13-20-17)19(23)12-14-4-6-15(24-2)7-5-14/h4-7,13H,3,8-12H2,1-2H3. The summed E-state index contributed by atoms with van der Waals surface area (Å²) in [7, 11) is 1.64. The average molecular weight is 325 g/mol. The minimum absolute atomic E-state index is 0.166. The lowest BCUT2D eigenvalue weighted by molar-refractivity contribution is -0.130. The Morgan fingerprint density at radius 3 is 2.62 bits per heavy atom. The van der Waals surface area contributed by atoms with Gasteiger partial charge < -0.3 is 9.64 Å². The van der Waals surface area contributed by atoms with Crippen LogP contribution in [0.3, 0.4) is 0 Å². The fraction of sp³-hybridized carbons (Fsp3) is 0.421. The minimum Gasteiger partial charge on any atom is -0.497 e. The molecule has 0 spiro atoms. The Bertz CT molecular complexity index is 713. The van der Waals surface area contributed by atoms with E-state index in [9.17, 15) is 4.79 Å². The Balaban J connectivity index is 1.67. The number of hydrogen-bond acceptors (Lipinski definition) is 4. The van der Waals surface area contributed by atoms with E-state index < -0.39 is 0 Å². The summed E-state index contributed by atoms with van der Waals surface area (Å²) in [5.74, 6) is 0.973. The summed E-state index contributed by atoms with van der Waals surface area (Å²) in [6.07, 6.45) is 4.62. The Hall–Kier alpha value is -2.43. The van der Waals surface area contributed by atoms with E-state index >= 15 is 0 Å². The van der Waals surface area contributed by atoms with Gasteiger partial charge >= 0.3 is 0 Å². The molecule has 0 saturated heterocycles. The molecule has 1 amide bonds. The number of aryl methyl sites for hydroxylation is 1. The Morgan fingerprint density at radius 1 is 1.17 bits per heavy atom. The van der Waals surface area contributed by atoms with E-state index in [1.807, 2.05) is 29.2 Å². The van der Waals surface area contributed by atoms with Gasteiger partial charge in [0.2, 0.25) is 5.91 Å². The Morgan fingerprint density at radius 2 is 1.92 bits per heavy atom. The van der Waals surface area contributed by atoms with Gasteiger partial charge in [-0.3, -0.25) is 4.79 Å². The molecular weight excluding hydrogens is 302 g/mol. The number of carbonyl (C=O) groups is 1. The first-order chi connectivity index (χ1) is 11.7. The highest BCUT2D eigenvalue weighted by Gasteiger charge is 2.21. The number of aromatic nitrogens is 2. The van der Waals surface area contributed by atoms with Crippen molar-refractivity contribution in [2.75, 3.05) is 20.2 Å². The molecule has 5 nitrogen and oxygen atoms in total. The fourth-order valence-electron chi connectivity index (χ4n) is 3.18. The van der Waals surface area contributed by atoms with Crippen molar-refractivity contribution < 1.29 is 9.53 Å². The topological polar surface area (TPSA) is 55.3 Å². The lowest BCUT2D eigenvalue weighted by Gasteiger charge is -2.20. The molecule has 0 saturated carbocycles. The summed E-state index contributed by atoms with van der Waals surface area (Å²) >= 11 is 0. The zero-order valence-electron chi connectivity index (χ0n) is 14.3. The number of hydrogen-bond donors (Lipinski definition) is 0. The fourth-order valence-corrected chi connectivity index (χ4v) is 3.18. The maximum Gasteiger partial charge on any atom is 0.227 e. The second-order valence-electron chi connectivity index (χ2n) is 6.00. The number of methoxy groups -OCH3 is 1. The molecule has 1 aliphatic rings. The zero-order valence-corrected chi connectivity index (χ0v) is 14.3. The van der Waals surface area contributed by atoms with E-state index in [2.05, 4.69) is 16.9 Å². The number of rotatable bonds is 4. The molecule has 2 heterocycles. The van der Waals surface area contributed by atoms with E-state index in [4.69, 9.17) is 4.74 Å². The van der Waals surface area contributed by atoms with Crippen molar-refractivity contribution in [2.24, 2.45) is 0 Å². The van der Waals surface area contributed by atoms with E-state index in [0.29, 0.717) is 6.42 Å². The molecule has 0 unspecified atom stereocenters. The molecule has 1 aromatic carbocycles. The molecule has 0 fully saturated rings. The first-order valence-electron chi connectivity index (χ1n) is 8.43. The summed E-state index contributed by atoms with van der Waals surface area (Å²) < 4.78 is 5.16. The molecule has 126 valence electrons. The predicted molar refractivity (Wildman–Crippen MR) is 92.1 cm³/mol. The maximum absolute atomic E-state index is 12.6. The molecule has 0 bridgehead atoms. The third kappa shape index (κ3) is 3.55. The number of amides is 1. The van der Waals surface area contributed by atoms with Gasteiger partial charge in [-0.25, -0.2) is 9.97 Å². The largest absolute Gasteiger partial charge is 0.497 e. The van der Waals surface area contributed by atoms with Gasteiger partial charge in [-0.15, -0.1) is 0 Å². The van der Waals surface area contributed by atoms with Crippen molar-refractivity contribution in [3.8, 4) is 5.75 Å². The zero-order chi connectivity index (χ0) is 16.9. The molecule has 1 aromatic heterocycles. The molecule has 24 heavy (non-hydrogen) atoms. The van der Waals surface area contributed by atoms with Crippen LogP contribution in [0.4, 0.5) is 0 Å². The molecule has 0 N–H and O–H groups in total. The molecule has 2 aromatic rings. The number of ether oxygens (including phenoxy) is 1. The summed E-state index contributed by atoms with van der Waals surface area (Å²) in [6.45, 7) is 3.57. The van der Waals surface area contributed by atoms with Crippen molar-refractivity contribution in [1.82, 2.24) is 14.9 Å². The van der Waals surface area contributed by atoms with E-state index in [1.165, 1.54) is 5.56 Å². The lowest BCUT2D eigenvalue weighted by Crippen LogP contribution is -2.34. The maximum atomic E-state index is 12.6. The van der Waals surface area contributed by atoms with Gasteiger partial charge in [0.1, 0.15) is 12.1 Å². The highest BCUT2D eigenvalue weighted by Crippen LogP contribution is 2.18. The van der Waals surface area contributed by atoms with E-state index in [0.717, 1.165) is 55.1 Å². The lowest BCUT2D eigenvalue weighted by atomic mass is 10.1. The second kappa shape index (κ2) is 7.43. The third-order valence-corrected chi connectivity index (χ3v) is 4.58. The van der Waals surface area contributed by atoms with E-state index in [-0.39, 0.29) is 5.91 Å². The molecule has 0 atom stereocenters. The minimum atomic E-state index is 0.166. The smallest absolute Gasteiger partial charge is 0.227 e. The van der Waals surface area contributed by atoms with Gasteiger partial charge in [-0.05, 0) is 36.1 Å². The highest BCUT2D eigenvalue weighted by molar-refractivity contribution is 5.79. The number of fused-ring (bicyclic) bond motifs is 1. The van der Waals surface area contributed by atoms with Crippen LogP contribution >= 0.6 is 0 Å². The van der Waals surface area contributed by atoms with Gasteiger partial charge in [0, 0.05) is 30.9 Å². The summed E-state index contributed by atoms with van der Waals surface area (Å²) in [6, 6.07) is 7.68. The van der Waals surface area contributed by atoms with Crippen molar-refractivity contribution in [3.63, 3.8) is 0 Å². The van der Waals surface area contributed by atoms with Crippen LogP contribution in [0, 0.1) is 0 Å². The first-order valence-corrected chi connectivity index (χ1v) is 8.43. The van der Waals surface area contributed by atoms with Crippen LogP contribution < -0.4 is 4.74 Å². The van der Waals surface area contributed by atoms with Crippen LogP contribution in [-0.2, 0) is 30.5 Å². The van der Waals surface area contributed by atoms with Gasteiger partial charge in [0.25, 0.3) is 0 Å². The summed E-state index contributed by atoms with van der Waals surface area (Å²) in [5.41, 5.74) is 4.46. The van der Waals surface area contributed by atoms with Gasteiger partial charge in [0.05, 0.1) is 13.5 Å². The molecule has 0 aliphatic carbocycles. The van der Waals surface area contributed by atoms with Crippen LogP contribution in [0.2, 0.25) is 0 Å². The van der Waals surface area contributed by atoms with Gasteiger partial charge in [-0.1, -0.05) is 19.1 Å². The van der Waals surface area contributed by atoms with Crippen LogP contribution in [-0.4, -0.2) is 41.0 Å². The Labute approximate surface area is 142 Å². The number of benzene rings is 1. The normalized spacial score (nSPS) is 14.0. The van der Waals surface area contributed by atoms with Crippen molar-refractivity contribution >= 4 is 5.91 Å². The van der Waals surface area contributed by atoms with Crippen LogP contribution in [0.5, 0.6) is 5.75 Å². The number of nitrogens with zero attached hydrogens (tertiary/aromatic N) is 3. The monoisotopic (exact) mass is 325 g/mol. The van der Waals surface area contributed by atoms with Gasteiger partial charge in [0.15, 0.2) is 0 Å².